The summed E-state index contributed by atoms with van der Waals surface area (Å²) in [6, 6.07) is 12.5. The van der Waals surface area contributed by atoms with Crippen LogP contribution in [0.25, 0.3) is 0 Å². The van der Waals surface area contributed by atoms with E-state index in [1.54, 1.807) is 53.4 Å². The van der Waals surface area contributed by atoms with Gasteiger partial charge in [-0.15, -0.1) is 0 Å². The molecule has 2 amide bonds. The van der Waals surface area contributed by atoms with E-state index in [4.69, 9.17) is 23.7 Å². The maximum absolute atomic E-state index is 12.8. The van der Waals surface area contributed by atoms with Gasteiger partial charge in [-0.25, -0.2) is 9.59 Å². The van der Waals surface area contributed by atoms with Crippen LogP contribution in [0.2, 0.25) is 0 Å². The number of carbonyl (C=O) groups is 4. The molecule has 1 N–H and O–H groups in total. The Hall–Kier alpha value is -4.16. The first kappa shape index (κ1) is 33.3. The second-order valence-electron chi connectivity index (χ2n) is 9.98. The van der Waals surface area contributed by atoms with Crippen LogP contribution < -0.4 is 9.47 Å². The van der Waals surface area contributed by atoms with Gasteiger partial charge in [0.25, 0.3) is 11.8 Å². The van der Waals surface area contributed by atoms with Crippen LogP contribution in [0.4, 0.5) is 0 Å². The summed E-state index contributed by atoms with van der Waals surface area (Å²) in [6.45, 7) is 1.09. The van der Waals surface area contributed by atoms with E-state index in [1.807, 2.05) is 0 Å². The summed E-state index contributed by atoms with van der Waals surface area (Å²) in [4.78, 5) is 51.7. The number of amides is 2. The Morgan fingerprint density at radius 2 is 1.14 bits per heavy atom. The van der Waals surface area contributed by atoms with Crippen molar-refractivity contribution in [1.82, 2.24) is 9.80 Å². The zero-order valence-electron chi connectivity index (χ0n) is 24.9. The highest BCUT2D eigenvalue weighted by Crippen LogP contribution is 2.26. The monoisotopic (exact) mass is 600 g/mol. The normalized spacial score (nSPS) is 18.1. The summed E-state index contributed by atoms with van der Waals surface area (Å²) < 4.78 is 25.4. The smallest absolute Gasteiger partial charge is 0.328 e. The minimum atomic E-state index is -0.960. The Balaban J connectivity index is 0.000000236. The Labute approximate surface area is 251 Å². The van der Waals surface area contributed by atoms with Crippen molar-refractivity contribution < 1.29 is 48.0 Å². The van der Waals surface area contributed by atoms with Crippen molar-refractivity contribution in [2.24, 2.45) is 0 Å². The number of rotatable bonds is 10. The van der Waals surface area contributed by atoms with Crippen LogP contribution in [0.1, 0.15) is 59.2 Å². The summed E-state index contributed by atoms with van der Waals surface area (Å²) in [5.74, 6) is -1.01. The number of para-hydroxylation sites is 2. The van der Waals surface area contributed by atoms with Crippen LogP contribution in [-0.4, -0.2) is 98.7 Å². The quantitative estimate of drug-likeness (QED) is 0.318. The molecular weight excluding hydrogens is 560 g/mol. The van der Waals surface area contributed by atoms with Crippen LogP contribution in [0.5, 0.6) is 11.5 Å². The Morgan fingerprint density at radius 3 is 1.58 bits per heavy atom. The molecule has 2 heterocycles. The number of hydrogen-bond acceptors (Lipinski definition) is 9. The minimum Gasteiger partial charge on any atom is -0.480 e. The molecule has 2 aliphatic rings. The van der Waals surface area contributed by atoms with Gasteiger partial charge in [0.1, 0.15) is 23.6 Å². The Bertz CT molecular complexity index is 1240. The summed E-state index contributed by atoms with van der Waals surface area (Å²) in [5, 5.41) is 9.27. The third-order valence-electron chi connectivity index (χ3n) is 7.19. The van der Waals surface area contributed by atoms with Crippen LogP contribution in [0, 0.1) is 0 Å². The third-order valence-corrected chi connectivity index (χ3v) is 7.19. The standard InChI is InChI=1S/C16H21NO5.C15H19NO5/c1-20-11-22-14-9-4-3-7-12(14)15(18)17-10-6-5-8-13(17)16(19)21-2;1-20-10-21-13-8-3-2-6-11(13)14(17)16-9-5-4-7-12(16)15(18)19/h3-4,7,9,13H,5-6,8,10-11H2,1-2H3;2-3,6,8,12H,4-5,7,9-10H2,1H3,(H,18,19)/t13-;12-/m00/s1. The molecule has 2 aromatic carbocycles. The van der Waals surface area contributed by atoms with Crippen LogP contribution in [0.3, 0.4) is 0 Å². The molecular formula is C31H40N2O10. The molecule has 2 atom stereocenters. The van der Waals surface area contributed by atoms with Gasteiger partial charge < -0.3 is 38.6 Å². The SMILES string of the molecule is COCOc1ccccc1C(=O)N1CCCC[C@H]1C(=O)O.COCOc1ccccc1C(=O)N1CCCC[C@H]1C(=O)OC. The highest BCUT2D eigenvalue weighted by molar-refractivity contribution is 6.00. The minimum absolute atomic E-state index is 0.0344. The molecule has 0 aliphatic carbocycles. The van der Waals surface area contributed by atoms with Crippen molar-refractivity contribution in [1.29, 1.82) is 0 Å². The maximum Gasteiger partial charge on any atom is 0.328 e. The number of hydrogen-bond donors (Lipinski definition) is 1. The van der Waals surface area contributed by atoms with E-state index in [9.17, 15) is 24.3 Å². The van der Waals surface area contributed by atoms with Gasteiger partial charge in [0.15, 0.2) is 13.6 Å². The van der Waals surface area contributed by atoms with E-state index in [1.165, 1.54) is 26.2 Å². The zero-order chi connectivity index (χ0) is 31.2. The number of ether oxygens (including phenoxy) is 5. The van der Waals surface area contributed by atoms with Gasteiger partial charge in [-0.1, -0.05) is 24.3 Å². The number of benzene rings is 2. The third kappa shape index (κ3) is 8.91. The van der Waals surface area contributed by atoms with Crippen molar-refractivity contribution in [2.45, 2.75) is 50.6 Å². The number of carboxylic acids is 1. The summed E-state index contributed by atoms with van der Waals surface area (Å²) >= 11 is 0. The van der Waals surface area contributed by atoms with E-state index in [0.717, 1.165) is 25.7 Å². The highest BCUT2D eigenvalue weighted by Gasteiger charge is 2.35. The van der Waals surface area contributed by atoms with Gasteiger partial charge in [-0.2, -0.15) is 0 Å². The molecule has 234 valence electrons. The van der Waals surface area contributed by atoms with E-state index in [2.05, 4.69) is 0 Å². The topological polar surface area (TPSA) is 141 Å². The predicted molar refractivity (Wildman–Crippen MR) is 155 cm³/mol. The average molecular weight is 601 g/mol. The fourth-order valence-corrected chi connectivity index (χ4v) is 5.08. The number of carbonyl (C=O) groups excluding carboxylic acids is 3. The summed E-state index contributed by atoms with van der Waals surface area (Å²) in [6.07, 6.45) is 4.53. The van der Waals surface area contributed by atoms with Gasteiger partial charge in [0, 0.05) is 27.3 Å². The van der Waals surface area contributed by atoms with E-state index < -0.39 is 18.1 Å². The molecule has 4 rings (SSSR count). The highest BCUT2D eigenvalue weighted by atomic mass is 16.7. The molecule has 2 saturated heterocycles. The fourth-order valence-electron chi connectivity index (χ4n) is 5.08. The first-order chi connectivity index (χ1) is 20.8. The zero-order valence-corrected chi connectivity index (χ0v) is 24.9. The molecule has 12 nitrogen and oxygen atoms in total. The predicted octanol–water partition coefficient (Wildman–Crippen LogP) is 3.59. The first-order valence-corrected chi connectivity index (χ1v) is 14.2. The maximum atomic E-state index is 12.8. The second kappa shape index (κ2) is 17.1. The molecule has 2 aliphatic heterocycles. The van der Waals surface area contributed by atoms with E-state index in [-0.39, 0.29) is 31.4 Å². The molecule has 12 heteroatoms. The van der Waals surface area contributed by atoms with Crippen molar-refractivity contribution in [3.63, 3.8) is 0 Å². The Kier molecular flexibility index (Phi) is 13.2. The molecule has 2 fully saturated rings. The average Bonchev–Trinajstić information content (AvgIpc) is 3.05. The van der Waals surface area contributed by atoms with Gasteiger partial charge in [0.2, 0.25) is 0 Å². The van der Waals surface area contributed by atoms with E-state index in [0.29, 0.717) is 48.6 Å². The number of nitrogens with zero attached hydrogens (tertiary/aromatic N) is 2. The number of carboxylic acid groups (broad SMARTS) is 1. The van der Waals surface area contributed by atoms with Gasteiger partial charge in [0.05, 0.1) is 18.2 Å². The first-order valence-electron chi connectivity index (χ1n) is 14.2. The summed E-state index contributed by atoms with van der Waals surface area (Å²) in [7, 11) is 4.35. The molecule has 0 radical (unpaired) electrons. The van der Waals surface area contributed by atoms with Crippen LogP contribution >= 0.6 is 0 Å². The van der Waals surface area contributed by atoms with Gasteiger partial charge >= 0.3 is 11.9 Å². The molecule has 0 aromatic heterocycles. The molecule has 0 bridgehead atoms. The van der Waals surface area contributed by atoms with Gasteiger partial charge in [-0.05, 0) is 62.8 Å². The Morgan fingerprint density at radius 1 is 0.698 bits per heavy atom. The van der Waals surface area contributed by atoms with Crippen molar-refractivity contribution >= 4 is 23.8 Å². The lowest BCUT2D eigenvalue weighted by molar-refractivity contribution is -0.147. The second-order valence-corrected chi connectivity index (χ2v) is 9.98. The van der Waals surface area contributed by atoms with Crippen LogP contribution in [-0.2, 0) is 23.8 Å². The van der Waals surface area contributed by atoms with Crippen molar-refractivity contribution in [3.8, 4) is 11.5 Å². The number of esters is 1. The molecule has 0 spiro atoms. The van der Waals surface area contributed by atoms with E-state index >= 15 is 0 Å². The number of piperidine rings is 2. The van der Waals surface area contributed by atoms with Gasteiger partial charge in [-0.3, -0.25) is 9.59 Å². The molecule has 43 heavy (non-hydrogen) atoms. The summed E-state index contributed by atoms with van der Waals surface area (Å²) in [5.41, 5.74) is 0.790. The molecule has 0 unspecified atom stereocenters. The lowest BCUT2D eigenvalue weighted by Crippen LogP contribution is -2.48. The van der Waals surface area contributed by atoms with Crippen LogP contribution in [0.15, 0.2) is 48.5 Å². The number of aliphatic carboxylic acids is 1. The number of likely N-dealkylation sites (tertiary alicyclic amines) is 2. The molecule has 0 saturated carbocycles. The lowest BCUT2D eigenvalue weighted by atomic mass is 10.0. The largest absolute Gasteiger partial charge is 0.480 e. The van der Waals surface area contributed by atoms with Crippen molar-refractivity contribution in [3.05, 3.63) is 59.7 Å². The fraction of sp³-hybridized carbons (Fsp3) is 0.484. The molecule has 2 aromatic rings. The lowest BCUT2D eigenvalue weighted by Gasteiger charge is -2.34. The number of methoxy groups -OCH3 is 3. The van der Waals surface area contributed by atoms with Crippen molar-refractivity contribution in [2.75, 3.05) is 48.0 Å².